The summed E-state index contributed by atoms with van der Waals surface area (Å²) in [5, 5.41) is 0. The number of unbranched alkanes of at least 4 members (excludes halogenated alkanes) is 3. The second-order valence-electron chi connectivity index (χ2n) is 6.82. The molecular weight excluding hydrogens is 307 g/mol. The Morgan fingerprint density at radius 3 is 2.16 bits per heavy atom. The van der Waals surface area contributed by atoms with Crippen LogP contribution in [-0.2, 0) is 19.3 Å². The molecule has 0 atom stereocenters. The molecule has 0 aromatic heterocycles. The summed E-state index contributed by atoms with van der Waals surface area (Å²) in [6.45, 7) is 4.40. The van der Waals surface area contributed by atoms with Gasteiger partial charge in [0.25, 0.3) is 0 Å². The molecule has 0 spiro atoms. The lowest BCUT2D eigenvalue weighted by atomic mass is 10.0. The van der Waals surface area contributed by atoms with Crippen molar-refractivity contribution in [2.24, 2.45) is 0 Å². The van der Waals surface area contributed by atoms with Gasteiger partial charge < -0.3 is 0 Å². The summed E-state index contributed by atoms with van der Waals surface area (Å²) in [4.78, 5) is 0. The lowest BCUT2D eigenvalue weighted by Crippen LogP contribution is -1.96. The SMILES string of the molecule is CCCCC/C=C/c1ccc(CCc2ccc(CCC)cc2)c(F)c1. The minimum atomic E-state index is -0.0849. The van der Waals surface area contributed by atoms with Gasteiger partial charge in [0, 0.05) is 0 Å². The minimum Gasteiger partial charge on any atom is -0.207 e. The van der Waals surface area contributed by atoms with Crippen LogP contribution in [0.1, 0.15) is 68.2 Å². The molecule has 0 saturated heterocycles. The highest BCUT2D eigenvalue weighted by Gasteiger charge is 2.04. The Morgan fingerprint density at radius 1 is 0.800 bits per heavy atom. The van der Waals surface area contributed by atoms with E-state index in [9.17, 15) is 4.39 Å². The maximum absolute atomic E-state index is 14.3. The quantitative estimate of drug-likeness (QED) is 0.403. The maximum Gasteiger partial charge on any atom is 0.127 e. The first-order chi connectivity index (χ1) is 12.2. The smallest absolute Gasteiger partial charge is 0.127 e. The zero-order chi connectivity index (χ0) is 17.9. The van der Waals surface area contributed by atoms with Gasteiger partial charge in [0.05, 0.1) is 0 Å². The van der Waals surface area contributed by atoms with Crippen LogP contribution < -0.4 is 0 Å². The molecule has 0 bridgehead atoms. The summed E-state index contributed by atoms with van der Waals surface area (Å²) in [6.07, 6.45) is 12.9. The van der Waals surface area contributed by atoms with Crippen molar-refractivity contribution in [2.45, 2.75) is 65.2 Å². The molecule has 2 aromatic carbocycles. The minimum absolute atomic E-state index is 0.0849. The number of hydrogen-bond acceptors (Lipinski definition) is 0. The molecule has 0 amide bonds. The van der Waals surface area contributed by atoms with Gasteiger partial charge in [-0.15, -0.1) is 0 Å². The average Bonchev–Trinajstić information content (AvgIpc) is 2.62. The Morgan fingerprint density at radius 2 is 1.52 bits per heavy atom. The van der Waals surface area contributed by atoms with E-state index in [-0.39, 0.29) is 5.82 Å². The van der Waals surface area contributed by atoms with Crippen molar-refractivity contribution in [2.75, 3.05) is 0 Å². The third-order valence-electron chi connectivity index (χ3n) is 4.61. The Hall–Kier alpha value is -1.89. The van der Waals surface area contributed by atoms with Gasteiger partial charge in [-0.05, 0) is 60.4 Å². The van der Waals surface area contributed by atoms with Gasteiger partial charge in [-0.1, -0.05) is 81.7 Å². The standard InChI is InChI=1S/C24H31F/c1-3-5-6-7-8-10-22-16-18-23(24(25)19-22)17-15-21-13-11-20(9-4-2)12-14-21/h8,10-14,16,18-19H,3-7,9,15,17H2,1-2H3/b10-8+. The van der Waals surface area contributed by atoms with Crippen LogP contribution in [0.4, 0.5) is 4.39 Å². The van der Waals surface area contributed by atoms with Crippen molar-refractivity contribution in [3.8, 4) is 0 Å². The summed E-state index contributed by atoms with van der Waals surface area (Å²) in [7, 11) is 0. The largest absolute Gasteiger partial charge is 0.207 e. The van der Waals surface area contributed by atoms with E-state index >= 15 is 0 Å². The van der Waals surface area contributed by atoms with Crippen LogP contribution in [0, 0.1) is 5.82 Å². The lowest BCUT2D eigenvalue weighted by molar-refractivity contribution is 0.608. The molecule has 0 N–H and O–H groups in total. The molecule has 0 nitrogen and oxygen atoms in total. The zero-order valence-electron chi connectivity index (χ0n) is 15.7. The Bertz CT molecular complexity index is 652. The van der Waals surface area contributed by atoms with Gasteiger partial charge in [-0.3, -0.25) is 0 Å². The van der Waals surface area contributed by atoms with Gasteiger partial charge in [0.2, 0.25) is 0 Å². The third-order valence-corrected chi connectivity index (χ3v) is 4.61. The predicted molar refractivity (Wildman–Crippen MR) is 107 cm³/mol. The fourth-order valence-electron chi connectivity index (χ4n) is 3.04. The second-order valence-corrected chi connectivity index (χ2v) is 6.82. The van der Waals surface area contributed by atoms with Crippen LogP contribution >= 0.6 is 0 Å². The first-order valence-corrected chi connectivity index (χ1v) is 9.75. The molecule has 0 aliphatic rings. The van der Waals surface area contributed by atoms with E-state index in [1.54, 1.807) is 6.07 Å². The summed E-state index contributed by atoms with van der Waals surface area (Å²) in [5.41, 5.74) is 4.43. The number of rotatable bonds is 10. The molecule has 2 aromatic rings. The topological polar surface area (TPSA) is 0 Å². The van der Waals surface area contributed by atoms with Crippen LogP contribution in [0.2, 0.25) is 0 Å². The molecule has 1 heteroatoms. The van der Waals surface area contributed by atoms with E-state index in [0.717, 1.165) is 36.8 Å². The molecule has 134 valence electrons. The summed E-state index contributed by atoms with van der Waals surface area (Å²) in [5.74, 6) is -0.0849. The van der Waals surface area contributed by atoms with Gasteiger partial charge in [-0.25, -0.2) is 4.39 Å². The number of allylic oxidation sites excluding steroid dienone is 1. The summed E-state index contributed by atoms with van der Waals surface area (Å²) < 4.78 is 14.3. The Balaban J connectivity index is 1.87. The molecule has 0 radical (unpaired) electrons. The van der Waals surface area contributed by atoms with Crippen molar-refractivity contribution in [3.63, 3.8) is 0 Å². The molecule has 25 heavy (non-hydrogen) atoms. The number of benzene rings is 2. The first-order valence-electron chi connectivity index (χ1n) is 9.75. The highest BCUT2D eigenvalue weighted by atomic mass is 19.1. The van der Waals surface area contributed by atoms with Gasteiger partial charge in [0.1, 0.15) is 5.82 Å². The first kappa shape index (κ1) is 19.4. The van der Waals surface area contributed by atoms with Gasteiger partial charge in [0.15, 0.2) is 0 Å². The Labute approximate surface area is 152 Å². The molecule has 0 fully saturated rings. The second kappa shape index (κ2) is 10.9. The molecule has 0 unspecified atom stereocenters. The van der Waals surface area contributed by atoms with Gasteiger partial charge >= 0.3 is 0 Å². The van der Waals surface area contributed by atoms with Crippen molar-refractivity contribution >= 4 is 6.08 Å². The van der Waals surface area contributed by atoms with E-state index in [4.69, 9.17) is 0 Å². The molecule has 0 saturated carbocycles. The monoisotopic (exact) mass is 338 g/mol. The van der Waals surface area contributed by atoms with Gasteiger partial charge in [-0.2, -0.15) is 0 Å². The summed E-state index contributed by atoms with van der Waals surface area (Å²) >= 11 is 0. The summed E-state index contributed by atoms with van der Waals surface area (Å²) in [6, 6.07) is 14.4. The van der Waals surface area contributed by atoms with E-state index in [0.29, 0.717) is 0 Å². The van der Waals surface area contributed by atoms with E-state index in [2.05, 4.69) is 44.2 Å². The Kier molecular flexibility index (Phi) is 8.45. The number of hydrogen-bond donors (Lipinski definition) is 0. The highest BCUT2D eigenvalue weighted by Crippen LogP contribution is 2.16. The van der Waals surface area contributed by atoms with Crippen molar-refractivity contribution < 1.29 is 4.39 Å². The average molecular weight is 339 g/mol. The molecule has 0 heterocycles. The van der Waals surface area contributed by atoms with E-state index < -0.39 is 0 Å². The van der Waals surface area contributed by atoms with Crippen LogP contribution in [0.15, 0.2) is 48.5 Å². The molecule has 0 aliphatic carbocycles. The van der Waals surface area contributed by atoms with Crippen molar-refractivity contribution in [1.29, 1.82) is 0 Å². The van der Waals surface area contributed by atoms with Crippen LogP contribution in [-0.4, -0.2) is 0 Å². The van der Waals surface area contributed by atoms with Crippen LogP contribution in [0.3, 0.4) is 0 Å². The van der Waals surface area contributed by atoms with E-state index in [1.165, 1.54) is 36.8 Å². The van der Waals surface area contributed by atoms with E-state index in [1.807, 2.05) is 18.2 Å². The molecular formula is C24H31F. The van der Waals surface area contributed by atoms with Crippen LogP contribution in [0.25, 0.3) is 6.08 Å². The number of aryl methyl sites for hydroxylation is 3. The van der Waals surface area contributed by atoms with Crippen LogP contribution in [0.5, 0.6) is 0 Å². The maximum atomic E-state index is 14.3. The predicted octanol–water partition coefficient (Wildman–Crippen LogP) is 7.16. The zero-order valence-corrected chi connectivity index (χ0v) is 15.7. The van der Waals surface area contributed by atoms with Crippen molar-refractivity contribution in [1.82, 2.24) is 0 Å². The fraction of sp³-hybridized carbons (Fsp3) is 0.417. The normalized spacial score (nSPS) is 11.3. The van der Waals surface area contributed by atoms with Crippen molar-refractivity contribution in [3.05, 3.63) is 76.6 Å². The fourth-order valence-corrected chi connectivity index (χ4v) is 3.04. The number of halogens is 1. The highest BCUT2D eigenvalue weighted by molar-refractivity contribution is 5.50. The molecule has 0 aliphatic heterocycles. The third kappa shape index (κ3) is 6.86. The molecule has 2 rings (SSSR count). The lowest BCUT2D eigenvalue weighted by Gasteiger charge is -2.06.